The smallest absolute Gasteiger partial charge is 0.303 e. The Hall–Kier alpha value is -1.22. The second-order valence-electron chi connectivity index (χ2n) is 5.74. The molecule has 0 amide bonds. The first-order valence-electron chi connectivity index (χ1n) is 7.53. The number of hydrogen-bond acceptors (Lipinski definition) is 6. The van der Waals surface area contributed by atoms with Crippen molar-refractivity contribution >= 4 is 11.9 Å². The van der Waals surface area contributed by atoms with Gasteiger partial charge in [0.1, 0.15) is 0 Å². The number of aliphatic carboxylic acids is 2. The molecule has 0 aromatic rings. The van der Waals surface area contributed by atoms with Crippen LogP contribution in [0.4, 0.5) is 0 Å². The monoisotopic (exact) mass is 340 g/mol. The first kappa shape index (κ1) is 26.7. The molecule has 23 heavy (non-hydrogen) atoms. The van der Waals surface area contributed by atoms with Crippen molar-refractivity contribution in [1.29, 1.82) is 0 Å². The maximum absolute atomic E-state index is 9.90. The lowest BCUT2D eigenvalue weighted by molar-refractivity contribution is -0.139. The summed E-state index contributed by atoms with van der Waals surface area (Å²) in [6, 6.07) is 0. The van der Waals surface area contributed by atoms with Crippen LogP contribution < -0.4 is 0 Å². The highest BCUT2D eigenvalue weighted by Gasteiger charge is 2.13. The van der Waals surface area contributed by atoms with Crippen molar-refractivity contribution in [3.63, 3.8) is 0 Å². The maximum Gasteiger partial charge on any atom is 0.303 e. The van der Waals surface area contributed by atoms with Gasteiger partial charge in [-0.15, -0.1) is 0 Å². The Bertz CT molecular complexity index is 267. The van der Waals surface area contributed by atoms with Crippen LogP contribution in [0.15, 0.2) is 0 Å². The minimum absolute atomic E-state index is 0.0451. The van der Waals surface area contributed by atoms with E-state index in [9.17, 15) is 9.59 Å². The van der Waals surface area contributed by atoms with Gasteiger partial charge in [-0.2, -0.15) is 0 Å². The summed E-state index contributed by atoms with van der Waals surface area (Å²) in [4.78, 5) is 19.8. The van der Waals surface area contributed by atoms with Crippen LogP contribution >= 0.6 is 0 Å². The number of hydrogen-bond donors (Lipinski definition) is 6. The molecule has 0 aliphatic heterocycles. The van der Waals surface area contributed by atoms with Gasteiger partial charge in [-0.05, 0) is 19.3 Å². The first-order chi connectivity index (χ1) is 10.5. The Morgan fingerprint density at radius 3 is 1.35 bits per heavy atom. The van der Waals surface area contributed by atoms with Crippen molar-refractivity contribution in [2.45, 2.75) is 65.6 Å². The third-order valence-electron chi connectivity index (χ3n) is 2.43. The van der Waals surface area contributed by atoms with E-state index in [-0.39, 0.29) is 31.5 Å². The van der Waals surface area contributed by atoms with Gasteiger partial charge in [-0.25, -0.2) is 0 Å². The minimum atomic E-state index is -1.10. The highest BCUT2D eigenvalue weighted by molar-refractivity contribution is 5.67. The number of rotatable bonds is 9. The lowest BCUT2D eigenvalue weighted by Gasteiger charge is -2.16. The van der Waals surface area contributed by atoms with Gasteiger partial charge in [0, 0.05) is 18.3 Å². The topological polar surface area (TPSA) is 156 Å². The van der Waals surface area contributed by atoms with E-state index in [0.717, 1.165) is 6.42 Å². The molecule has 0 unspecified atom stereocenters. The molecule has 0 aromatic carbocycles. The van der Waals surface area contributed by atoms with E-state index in [2.05, 4.69) is 0 Å². The molecule has 0 aliphatic rings. The molecule has 0 rings (SSSR count). The third-order valence-corrected chi connectivity index (χ3v) is 2.43. The second kappa shape index (κ2) is 17.1. The van der Waals surface area contributed by atoms with Gasteiger partial charge in [0.15, 0.2) is 6.29 Å². The van der Waals surface area contributed by atoms with Gasteiger partial charge in [0.05, 0.1) is 13.2 Å². The van der Waals surface area contributed by atoms with Crippen molar-refractivity contribution in [1.82, 2.24) is 0 Å². The summed E-state index contributed by atoms with van der Waals surface area (Å²) in [6.45, 7) is 5.59. The predicted octanol–water partition coefficient (Wildman–Crippen LogP) is 0.810. The summed E-state index contributed by atoms with van der Waals surface area (Å²) in [7, 11) is 0. The lowest BCUT2D eigenvalue weighted by atomic mass is 9.97. The number of carbonyl (C=O) groups is 2. The Balaban J connectivity index is -0.000000272. The molecule has 0 saturated heterocycles. The normalized spacial score (nSPS) is 10.3. The fourth-order valence-electron chi connectivity index (χ4n) is 0.861. The molecule has 0 fully saturated rings. The molecule has 8 heteroatoms. The molecule has 0 saturated carbocycles. The van der Waals surface area contributed by atoms with E-state index in [1.165, 1.54) is 0 Å². The molecule has 0 radical (unpaired) electrons. The zero-order valence-corrected chi connectivity index (χ0v) is 14.2. The highest BCUT2D eigenvalue weighted by atomic mass is 16.5. The van der Waals surface area contributed by atoms with Crippen LogP contribution in [-0.2, 0) is 9.59 Å². The number of unbranched alkanes of at least 4 members (excludes halogenated alkanes) is 1. The van der Waals surface area contributed by atoms with Gasteiger partial charge >= 0.3 is 11.9 Å². The molecule has 0 bridgehead atoms. The summed E-state index contributed by atoms with van der Waals surface area (Å²) in [5.74, 6) is -1.74. The summed E-state index contributed by atoms with van der Waals surface area (Å²) in [6.07, 6.45) is 1.23. The zero-order chi connectivity index (χ0) is 18.9. The zero-order valence-electron chi connectivity index (χ0n) is 14.2. The quantitative estimate of drug-likeness (QED) is 0.266. The molecule has 0 aliphatic carbocycles. The highest BCUT2D eigenvalue weighted by Crippen LogP contribution is 2.10. The van der Waals surface area contributed by atoms with Crippen molar-refractivity contribution in [2.24, 2.45) is 5.41 Å². The predicted molar refractivity (Wildman–Crippen MR) is 84.8 cm³/mol. The van der Waals surface area contributed by atoms with E-state index in [1.54, 1.807) is 13.8 Å². The summed E-state index contributed by atoms with van der Waals surface area (Å²) in [5, 5.41) is 49.3. The SMILES string of the molecule is CC(C)(CO)CO.CCCC(O)O.O=C(O)CCCCC(=O)O. The Labute approximate surface area is 137 Å². The van der Waals surface area contributed by atoms with Gasteiger partial charge in [-0.3, -0.25) is 9.59 Å². The van der Waals surface area contributed by atoms with Crippen LogP contribution in [-0.4, -0.2) is 62.1 Å². The number of carboxylic acids is 2. The first-order valence-corrected chi connectivity index (χ1v) is 7.53. The van der Waals surface area contributed by atoms with E-state index in [1.807, 2.05) is 6.92 Å². The molecule has 0 atom stereocenters. The van der Waals surface area contributed by atoms with Crippen LogP contribution in [0.2, 0.25) is 0 Å². The molecule has 0 spiro atoms. The summed E-state index contributed by atoms with van der Waals surface area (Å²) >= 11 is 0. The maximum atomic E-state index is 9.90. The van der Waals surface area contributed by atoms with Crippen LogP contribution in [0.3, 0.4) is 0 Å². The van der Waals surface area contributed by atoms with Gasteiger partial charge in [-0.1, -0.05) is 27.2 Å². The third kappa shape index (κ3) is 33.5. The minimum Gasteiger partial charge on any atom is -0.481 e. The van der Waals surface area contributed by atoms with Gasteiger partial charge in [0.25, 0.3) is 0 Å². The molecule has 140 valence electrons. The van der Waals surface area contributed by atoms with E-state index < -0.39 is 18.2 Å². The second-order valence-corrected chi connectivity index (χ2v) is 5.74. The molecule has 8 nitrogen and oxygen atoms in total. The van der Waals surface area contributed by atoms with Crippen molar-refractivity contribution in [2.75, 3.05) is 13.2 Å². The Morgan fingerprint density at radius 1 is 0.913 bits per heavy atom. The molecule has 0 heterocycles. The van der Waals surface area contributed by atoms with E-state index in [0.29, 0.717) is 19.3 Å². The van der Waals surface area contributed by atoms with Crippen LogP contribution in [0, 0.1) is 5.41 Å². The fraction of sp³-hybridized carbons (Fsp3) is 0.867. The van der Waals surface area contributed by atoms with E-state index >= 15 is 0 Å². The van der Waals surface area contributed by atoms with E-state index in [4.69, 9.17) is 30.6 Å². The van der Waals surface area contributed by atoms with Crippen LogP contribution in [0.5, 0.6) is 0 Å². The van der Waals surface area contributed by atoms with Crippen molar-refractivity contribution < 1.29 is 40.2 Å². The molecular weight excluding hydrogens is 308 g/mol. The van der Waals surface area contributed by atoms with Crippen LogP contribution in [0.25, 0.3) is 0 Å². The van der Waals surface area contributed by atoms with Gasteiger partial charge in [0.2, 0.25) is 0 Å². The molecule has 0 aromatic heterocycles. The average Bonchev–Trinajstić information content (AvgIpc) is 2.44. The Kier molecular flexibility index (Phi) is 19.9. The Morgan fingerprint density at radius 2 is 1.26 bits per heavy atom. The van der Waals surface area contributed by atoms with Crippen molar-refractivity contribution in [3.8, 4) is 0 Å². The number of carboxylic acid groups (broad SMARTS) is 2. The molecule has 6 N–H and O–H groups in total. The fourth-order valence-corrected chi connectivity index (χ4v) is 0.861. The number of aliphatic hydroxyl groups is 4. The summed E-state index contributed by atoms with van der Waals surface area (Å²) in [5.41, 5.74) is -0.306. The van der Waals surface area contributed by atoms with Crippen LogP contribution in [0.1, 0.15) is 59.3 Å². The lowest BCUT2D eigenvalue weighted by Crippen LogP contribution is -2.20. The average molecular weight is 340 g/mol. The number of aliphatic hydroxyl groups excluding tert-OH is 3. The molecular formula is C15H32O8. The van der Waals surface area contributed by atoms with Crippen molar-refractivity contribution in [3.05, 3.63) is 0 Å². The summed E-state index contributed by atoms with van der Waals surface area (Å²) < 4.78 is 0. The largest absolute Gasteiger partial charge is 0.481 e. The standard InChI is InChI=1S/C6H10O4.C5H12O2.C4H10O2/c7-5(8)3-1-2-4-6(9)10;1-5(2,3-6)4-7;1-2-3-4(5)6/h1-4H2,(H,7,8)(H,9,10);6-7H,3-4H2,1-2H3;4-6H,2-3H2,1H3. The van der Waals surface area contributed by atoms with Gasteiger partial charge < -0.3 is 30.6 Å².